The van der Waals surface area contributed by atoms with Gasteiger partial charge in [0.25, 0.3) is 0 Å². The van der Waals surface area contributed by atoms with Crippen LogP contribution in [0.5, 0.6) is 0 Å². The number of carbonyl (C=O) groups is 3. The van der Waals surface area contributed by atoms with Crippen molar-refractivity contribution in [2.75, 3.05) is 37.7 Å². The number of rotatable bonds is 5. The summed E-state index contributed by atoms with van der Waals surface area (Å²) in [5.74, 6) is -0.122. The second-order valence-corrected chi connectivity index (χ2v) is 5.52. The molecule has 124 valence electrons. The summed E-state index contributed by atoms with van der Waals surface area (Å²) in [6.45, 7) is 5.63. The van der Waals surface area contributed by atoms with Crippen molar-refractivity contribution in [1.82, 2.24) is 4.90 Å². The summed E-state index contributed by atoms with van der Waals surface area (Å²) in [6.07, 6.45) is 0.272. The van der Waals surface area contributed by atoms with E-state index in [1.165, 1.54) is 13.8 Å². The maximum absolute atomic E-state index is 12.2. The first-order valence-corrected chi connectivity index (χ1v) is 7.73. The van der Waals surface area contributed by atoms with Crippen molar-refractivity contribution in [1.29, 1.82) is 0 Å². The number of Topliss-reactive ketones (excluding diaryl/α,β-unsaturated/α-hetero) is 1. The van der Waals surface area contributed by atoms with E-state index in [1.807, 2.05) is 0 Å². The Labute approximate surface area is 136 Å². The third kappa shape index (κ3) is 4.63. The highest BCUT2D eigenvalue weighted by atomic mass is 16.5. The maximum atomic E-state index is 12.2. The van der Waals surface area contributed by atoms with Gasteiger partial charge in [-0.2, -0.15) is 0 Å². The molecule has 2 amide bonds. The van der Waals surface area contributed by atoms with Crippen molar-refractivity contribution in [3.8, 4) is 0 Å². The van der Waals surface area contributed by atoms with Crippen LogP contribution in [0.15, 0.2) is 24.3 Å². The van der Waals surface area contributed by atoms with Crippen LogP contribution in [0.3, 0.4) is 0 Å². The predicted molar refractivity (Wildman–Crippen MR) is 86.5 cm³/mol. The molecule has 1 saturated heterocycles. The van der Waals surface area contributed by atoms with Gasteiger partial charge in [0, 0.05) is 44.2 Å². The first-order chi connectivity index (χ1) is 11.0. The molecule has 0 saturated carbocycles. The molecular formula is C17H22N2O4. The Morgan fingerprint density at radius 3 is 2.22 bits per heavy atom. The summed E-state index contributed by atoms with van der Waals surface area (Å²) in [7, 11) is 0. The van der Waals surface area contributed by atoms with Gasteiger partial charge < -0.3 is 14.5 Å². The average molecular weight is 318 g/mol. The Bertz CT molecular complexity index is 577. The second kappa shape index (κ2) is 7.87. The van der Waals surface area contributed by atoms with E-state index < -0.39 is 0 Å². The molecule has 0 N–H and O–H groups in total. The Kier molecular flexibility index (Phi) is 5.87. The molecule has 0 radical (unpaired) electrons. The third-order valence-electron chi connectivity index (χ3n) is 3.88. The van der Waals surface area contributed by atoms with Crippen molar-refractivity contribution < 1.29 is 19.1 Å². The van der Waals surface area contributed by atoms with E-state index in [1.54, 1.807) is 34.1 Å². The molecule has 0 bridgehead atoms. The molecule has 1 aliphatic rings. The lowest BCUT2D eigenvalue weighted by Gasteiger charge is -2.28. The number of hydrogen-bond donors (Lipinski definition) is 0. The number of morpholine rings is 1. The number of benzene rings is 1. The number of nitrogens with zero attached hydrogens (tertiary/aromatic N) is 2. The fraction of sp³-hybridized carbons (Fsp3) is 0.471. The minimum absolute atomic E-state index is 0.0200. The predicted octanol–water partition coefficient (Wildman–Crippen LogP) is 1.49. The molecule has 1 fully saturated rings. The van der Waals surface area contributed by atoms with Gasteiger partial charge >= 0.3 is 0 Å². The van der Waals surface area contributed by atoms with Crippen LogP contribution in [0, 0.1) is 0 Å². The van der Waals surface area contributed by atoms with Gasteiger partial charge in [-0.25, -0.2) is 0 Å². The van der Waals surface area contributed by atoms with Gasteiger partial charge in [0.05, 0.1) is 13.2 Å². The molecule has 0 atom stereocenters. The van der Waals surface area contributed by atoms with Gasteiger partial charge in [-0.15, -0.1) is 0 Å². The summed E-state index contributed by atoms with van der Waals surface area (Å²) in [5.41, 5.74) is 1.29. The standard InChI is InChI=1S/C17H22N2O4/c1-13(20)15-3-5-16(6-4-15)19(14(2)21)8-7-17(22)18-9-11-23-12-10-18/h3-6H,7-12H2,1-2H3. The largest absolute Gasteiger partial charge is 0.378 e. The maximum Gasteiger partial charge on any atom is 0.224 e. The van der Waals surface area contributed by atoms with Crippen molar-refractivity contribution in [3.63, 3.8) is 0 Å². The molecule has 23 heavy (non-hydrogen) atoms. The Hall–Kier alpha value is -2.21. The van der Waals surface area contributed by atoms with Crippen LogP contribution in [0.25, 0.3) is 0 Å². The van der Waals surface area contributed by atoms with E-state index in [0.717, 1.165) is 0 Å². The summed E-state index contributed by atoms with van der Waals surface area (Å²) in [6, 6.07) is 6.85. The zero-order chi connectivity index (χ0) is 16.8. The van der Waals surface area contributed by atoms with Gasteiger partial charge in [0.1, 0.15) is 0 Å². The van der Waals surface area contributed by atoms with Crippen molar-refractivity contribution in [3.05, 3.63) is 29.8 Å². The summed E-state index contributed by atoms with van der Waals surface area (Å²) in [5, 5.41) is 0. The van der Waals surface area contributed by atoms with Gasteiger partial charge in [-0.05, 0) is 31.2 Å². The number of ether oxygens (including phenoxy) is 1. The average Bonchev–Trinajstić information content (AvgIpc) is 2.55. The molecule has 1 aromatic carbocycles. The molecule has 6 nitrogen and oxygen atoms in total. The van der Waals surface area contributed by atoms with Gasteiger partial charge in [-0.3, -0.25) is 14.4 Å². The van der Waals surface area contributed by atoms with Gasteiger partial charge in [-0.1, -0.05) is 0 Å². The molecule has 1 aliphatic heterocycles. The van der Waals surface area contributed by atoms with Crippen LogP contribution >= 0.6 is 0 Å². The van der Waals surface area contributed by atoms with Gasteiger partial charge in [0.15, 0.2) is 5.78 Å². The van der Waals surface area contributed by atoms with Crippen molar-refractivity contribution in [2.24, 2.45) is 0 Å². The molecule has 0 spiro atoms. The lowest BCUT2D eigenvalue weighted by atomic mass is 10.1. The summed E-state index contributed by atoms with van der Waals surface area (Å²) >= 11 is 0. The molecule has 0 unspecified atom stereocenters. The van der Waals surface area contributed by atoms with Crippen LogP contribution < -0.4 is 4.90 Å². The minimum Gasteiger partial charge on any atom is -0.378 e. The number of anilines is 1. The number of ketones is 1. The highest BCUT2D eigenvalue weighted by Gasteiger charge is 2.19. The highest BCUT2D eigenvalue weighted by Crippen LogP contribution is 2.17. The zero-order valence-electron chi connectivity index (χ0n) is 13.6. The van der Waals surface area contributed by atoms with Crippen molar-refractivity contribution >= 4 is 23.3 Å². The summed E-state index contributed by atoms with van der Waals surface area (Å²) in [4.78, 5) is 38.7. The number of hydrogen-bond acceptors (Lipinski definition) is 4. The summed E-state index contributed by atoms with van der Waals surface area (Å²) < 4.78 is 5.23. The SMILES string of the molecule is CC(=O)c1ccc(N(CCC(=O)N2CCOCC2)C(C)=O)cc1. The molecule has 6 heteroatoms. The van der Waals surface area contributed by atoms with Crippen LogP contribution in [-0.4, -0.2) is 55.3 Å². The van der Waals surface area contributed by atoms with Crippen LogP contribution in [-0.2, 0) is 14.3 Å². The van der Waals surface area contributed by atoms with E-state index in [4.69, 9.17) is 4.74 Å². The second-order valence-electron chi connectivity index (χ2n) is 5.52. The number of carbonyl (C=O) groups excluding carboxylic acids is 3. The topological polar surface area (TPSA) is 66.9 Å². The quantitative estimate of drug-likeness (QED) is 0.772. The molecule has 1 aromatic rings. The van der Waals surface area contributed by atoms with E-state index >= 15 is 0 Å². The van der Waals surface area contributed by atoms with E-state index in [0.29, 0.717) is 44.1 Å². The first kappa shape index (κ1) is 17.1. The van der Waals surface area contributed by atoms with Crippen LogP contribution in [0.4, 0.5) is 5.69 Å². The fourth-order valence-corrected chi connectivity index (χ4v) is 2.52. The molecule has 0 aliphatic carbocycles. The van der Waals surface area contributed by atoms with E-state index in [2.05, 4.69) is 0 Å². The highest BCUT2D eigenvalue weighted by molar-refractivity contribution is 5.96. The van der Waals surface area contributed by atoms with Gasteiger partial charge in [0.2, 0.25) is 11.8 Å². The smallest absolute Gasteiger partial charge is 0.224 e. The Balaban J connectivity index is 1.99. The molecule has 1 heterocycles. The first-order valence-electron chi connectivity index (χ1n) is 7.73. The van der Waals surface area contributed by atoms with E-state index in [-0.39, 0.29) is 24.0 Å². The molecular weight excluding hydrogens is 296 g/mol. The lowest BCUT2D eigenvalue weighted by molar-refractivity contribution is -0.135. The van der Waals surface area contributed by atoms with Crippen LogP contribution in [0.1, 0.15) is 30.6 Å². The Morgan fingerprint density at radius 1 is 1.09 bits per heavy atom. The molecule has 2 rings (SSSR count). The third-order valence-corrected chi connectivity index (χ3v) is 3.88. The zero-order valence-corrected chi connectivity index (χ0v) is 13.6. The Morgan fingerprint density at radius 2 is 1.70 bits per heavy atom. The molecule has 0 aromatic heterocycles. The van der Waals surface area contributed by atoms with Crippen molar-refractivity contribution in [2.45, 2.75) is 20.3 Å². The normalized spacial score (nSPS) is 14.4. The number of amides is 2. The lowest BCUT2D eigenvalue weighted by Crippen LogP contribution is -2.42. The fourth-order valence-electron chi connectivity index (χ4n) is 2.52. The minimum atomic E-state index is -0.129. The van der Waals surface area contributed by atoms with E-state index in [9.17, 15) is 14.4 Å². The monoisotopic (exact) mass is 318 g/mol. The van der Waals surface area contributed by atoms with Crippen LogP contribution in [0.2, 0.25) is 0 Å².